The SMILES string of the molecule is CN1/C(=C\C=N/Nc2nc3ccccc3s2)C(C)(C)c2ccccc21. The van der Waals surface area contributed by atoms with Gasteiger partial charge in [0.1, 0.15) is 0 Å². The Morgan fingerprint density at radius 2 is 1.88 bits per heavy atom. The van der Waals surface area contributed by atoms with Crippen LogP contribution in [0.4, 0.5) is 10.8 Å². The number of para-hydroxylation sites is 2. The summed E-state index contributed by atoms with van der Waals surface area (Å²) in [6.45, 7) is 4.49. The molecule has 2 aromatic carbocycles. The molecule has 1 aromatic heterocycles. The first-order valence-corrected chi connectivity index (χ1v) is 9.07. The number of hydrogen-bond acceptors (Lipinski definition) is 5. The van der Waals surface area contributed by atoms with Gasteiger partial charge in [-0.1, -0.05) is 55.5 Å². The van der Waals surface area contributed by atoms with E-state index in [2.05, 4.69) is 77.7 Å². The molecule has 0 atom stereocenters. The fraction of sp³-hybridized carbons (Fsp3) is 0.200. The number of aromatic nitrogens is 1. The molecular formula is C20H20N4S. The van der Waals surface area contributed by atoms with E-state index in [-0.39, 0.29) is 5.41 Å². The van der Waals surface area contributed by atoms with Crippen molar-refractivity contribution in [2.45, 2.75) is 19.3 Å². The molecule has 1 aliphatic rings. The van der Waals surface area contributed by atoms with Gasteiger partial charge in [-0.2, -0.15) is 5.10 Å². The van der Waals surface area contributed by atoms with Crippen LogP contribution in [-0.2, 0) is 5.41 Å². The Hall–Kier alpha value is -2.66. The van der Waals surface area contributed by atoms with Gasteiger partial charge < -0.3 is 4.90 Å². The number of anilines is 2. The average molecular weight is 348 g/mol. The standard InChI is InChI=1S/C20H20N4S/c1-20(2)14-8-4-6-10-16(14)24(3)18(20)12-13-21-23-19-22-15-9-5-7-11-17(15)25-19/h4-13H,1-3H3,(H,22,23)/b18-12-,21-13-. The fourth-order valence-corrected chi connectivity index (χ4v) is 4.24. The summed E-state index contributed by atoms with van der Waals surface area (Å²) in [6.07, 6.45) is 3.88. The number of nitrogens with one attached hydrogen (secondary N) is 1. The van der Waals surface area contributed by atoms with E-state index in [4.69, 9.17) is 0 Å². The van der Waals surface area contributed by atoms with Gasteiger partial charge in [0.15, 0.2) is 0 Å². The number of likely N-dealkylation sites (N-methyl/N-ethyl adjacent to an activating group) is 1. The summed E-state index contributed by atoms with van der Waals surface area (Å²) in [4.78, 5) is 6.76. The predicted octanol–water partition coefficient (Wildman–Crippen LogP) is 5.01. The van der Waals surface area contributed by atoms with E-state index in [1.165, 1.54) is 16.9 Å². The fourth-order valence-electron chi connectivity index (χ4n) is 3.42. The number of rotatable bonds is 3. The van der Waals surface area contributed by atoms with Gasteiger partial charge in [-0.15, -0.1) is 0 Å². The molecule has 1 aliphatic heterocycles. The first-order valence-electron chi connectivity index (χ1n) is 8.26. The molecule has 0 radical (unpaired) electrons. The lowest BCUT2D eigenvalue weighted by Gasteiger charge is -2.23. The van der Waals surface area contributed by atoms with Gasteiger partial charge in [0.2, 0.25) is 5.13 Å². The molecule has 0 spiro atoms. The summed E-state index contributed by atoms with van der Waals surface area (Å²) >= 11 is 1.60. The second-order valence-corrected chi connectivity index (χ2v) is 7.66. The third-order valence-electron chi connectivity index (χ3n) is 4.70. The van der Waals surface area contributed by atoms with Crippen LogP contribution in [0.25, 0.3) is 10.2 Å². The van der Waals surface area contributed by atoms with Crippen molar-refractivity contribution in [1.29, 1.82) is 0 Å². The van der Waals surface area contributed by atoms with E-state index in [1.807, 2.05) is 24.4 Å². The second-order valence-electron chi connectivity index (χ2n) is 6.63. The Morgan fingerprint density at radius 1 is 1.12 bits per heavy atom. The average Bonchev–Trinajstić information content (AvgIpc) is 3.11. The minimum Gasteiger partial charge on any atom is -0.347 e. The highest BCUT2D eigenvalue weighted by Gasteiger charge is 2.37. The zero-order valence-corrected chi connectivity index (χ0v) is 15.3. The summed E-state index contributed by atoms with van der Waals surface area (Å²) in [5.74, 6) is 0. The highest BCUT2D eigenvalue weighted by Crippen LogP contribution is 2.46. The van der Waals surface area contributed by atoms with Gasteiger partial charge in [0.25, 0.3) is 0 Å². The summed E-state index contributed by atoms with van der Waals surface area (Å²) in [6, 6.07) is 16.6. The van der Waals surface area contributed by atoms with Crippen LogP contribution >= 0.6 is 11.3 Å². The van der Waals surface area contributed by atoms with Crippen molar-refractivity contribution >= 4 is 38.6 Å². The topological polar surface area (TPSA) is 40.5 Å². The lowest BCUT2D eigenvalue weighted by atomic mass is 9.84. The maximum absolute atomic E-state index is 4.52. The molecule has 0 bridgehead atoms. The summed E-state index contributed by atoms with van der Waals surface area (Å²) in [7, 11) is 2.11. The summed E-state index contributed by atoms with van der Waals surface area (Å²) in [5.41, 5.74) is 7.82. The van der Waals surface area contributed by atoms with Gasteiger partial charge in [-0.25, -0.2) is 4.98 Å². The van der Waals surface area contributed by atoms with E-state index < -0.39 is 0 Å². The number of nitrogens with zero attached hydrogens (tertiary/aromatic N) is 3. The zero-order valence-electron chi connectivity index (χ0n) is 14.5. The molecule has 126 valence electrons. The Labute approximate surface area is 151 Å². The van der Waals surface area contributed by atoms with E-state index >= 15 is 0 Å². The van der Waals surface area contributed by atoms with Crippen molar-refractivity contribution in [2.24, 2.45) is 5.10 Å². The molecule has 0 amide bonds. The molecule has 0 saturated heterocycles. The Kier molecular flexibility index (Phi) is 3.81. The number of allylic oxidation sites excluding steroid dienone is 2. The Morgan fingerprint density at radius 3 is 2.68 bits per heavy atom. The first kappa shape index (κ1) is 15.8. The molecule has 0 saturated carbocycles. The monoisotopic (exact) mass is 348 g/mol. The number of thiazole rings is 1. The predicted molar refractivity (Wildman–Crippen MR) is 108 cm³/mol. The van der Waals surface area contributed by atoms with Crippen LogP contribution < -0.4 is 10.3 Å². The molecular weight excluding hydrogens is 328 g/mol. The summed E-state index contributed by atoms with van der Waals surface area (Å²) < 4.78 is 1.16. The van der Waals surface area contributed by atoms with Crippen LogP contribution in [0, 0.1) is 0 Å². The van der Waals surface area contributed by atoms with Crippen LogP contribution in [0.5, 0.6) is 0 Å². The highest BCUT2D eigenvalue weighted by atomic mass is 32.1. The van der Waals surface area contributed by atoms with Gasteiger partial charge >= 0.3 is 0 Å². The van der Waals surface area contributed by atoms with Crippen LogP contribution in [-0.4, -0.2) is 18.2 Å². The number of fused-ring (bicyclic) bond motifs is 2. The molecule has 4 rings (SSSR count). The maximum Gasteiger partial charge on any atom is 0.204 e. The normalized spacial score (nSPS) is 17.6. The quantitative estimate of drug-likeness (QED) is 0.534. The van der Waals surface area contributed by atoms with Crippen molar-refractivity contribution in [3.8, 4) is 0 Å². The third-order valence-corrected chi connectivity index (χ3v) is 5.64. The van der Waals surface area contributed by atoms with E-state index in [9.17, 15) is 0 Å². The van der Waals surface area contributed by atoms with E-state index in [0.717, 1.165) is 15.3 Å². The summed E-state index contributed by atoms with van der Waals surface area (Å²) in [5, 5.41) is 5.14. The lowest BCUT2D eigenvalue weighted by Crippen LogP contribution is -2.23. The highest BCUT2D eigenvalue weighted by molar-refractivity contribution is 7.22. The minimum absolute atomic E-state index is 0.0345. The van der Waals surface area contributed by atoms with Gasteiger partial charge in [0, 0.05) is 30.1 Å². The molecule has 5 heteroatoms. The zero-order chi connectivity index (χ0) is 17.4. The smallest absolute Gasteiger partial charge is 0.204 e. The van der Waals surface area contributed by atoms with Crippen LogP contribution in [0.2, 0.25) is 0 Å². The van der Waals surface area contributed by atoms with Gasteiger partial charge in [-0.3, -0.25) is 5.43 Å². The van der Waals surface area contributed by atoms with E-state index in [1.54, 1.807) is 11.3 Å². The van der Waals surface area contributed by atoms with Gasteiger partial charge in [-0.05, 0) is 29.8 Å². The largest absolute Gasteiger partial charge is 0.347 e. The number of hydrogen-bond donors (Lipinski definition) is 1. The van der Waals surface area contributed by atoms with E-state index in [0.29, 0.717) is 0 Å². The molecule has 0 aliphatic carbocycles. The van der Waals surface area contributed by atoms with Crippen molar-refractivity contribution < 1.29 is 0 Å². The molecule has 1 N–H and O–H groups in total. The molecule has 2 heterocycles. The Bertz CT molecular complexity index is 951. The van der Waals surface area contributed by atoms with Crippen LogP contribution in [0.3, 0.4) is 0 Å². The second kappa shape index (κ2) is 6.01. The number of benzene rings is 2. The minimum atomic E-state index is -0.0345. The molecule has 25 heavy (non-hydrogen) atoms. The maximum atomic E-state index is 4.52. The van der Waals surface area contributed by atoms with Crippen molar-refractivity contribution in [3.63, 3.8) is 0 Å². The Balaban J connectivity index is 1.54. The molecule has 3 aromatic rings. The van der Waals surface area contributed by atoms with Crippen molar-refractivity contribution in [2.75, 3.05) is 17.4 Å². The van der Waals surface area contributed by atoms with Gasteiger partial charge in [0.05, 0.1) is 10.2 Å². The van der Waals surface area contributed by atoms with Crippen LogP contribution in [0.15, 0.2) is 65.4 Å². The molecule has 4 nitrogen and oxygen atoms in total. The third kappa shape index (κ3) is 2.70. The van der Waals surface area contributed by atoms with Crippen molar-refractivity contribution in [1.82, 2.24) is 4.98 Å². The molecule has 0 unspecified atom stereocenters. The lowest BCUT2D eigenvalue weighted by molar-refractivity contribution is 0.641. The van der Waals surface area contributed by atoms with Crippen molar-refractivity contribution in [3.05, 3.63) is 65.9 Å². The molecule has 0 fully saturated rings. The van der Waals surface area contributed by atoms with Crippen LogP contribution in [0.1, 0.15) is 19.4 Å². The first-order chi connectivity index (χ1) is 12.1. The number of hydrazone groups is 1.